The molecule has 1 aliphatic rings. The van der Waals surface area contributed by atoms with Gasteiger partial charge >= 0.3 is 0 Å². The summed E-state index contributed by atoms with van der Waals surface area (Å²) < 4.78 is 11.8. The average molecular weight is 450 g/mol. The molecule has 33 heavy (non-hydrogen) atoms. The Labute approximate surface area is 191 Å². The van der Waals surface area contributed by atoms with Gasteiger partial charge in [-0.2, -0.15) is 5.10 Å². The molecule has 0 unspecified atom stereocenters. The lowest BCUT2D eigenvalue weighted by Crippen LogP contribution is -2.28. The Bertz CT molecular complexity index is 1260. The molecule has 8 nitrogen and oxygen atoms in total. The molecule has 2 N–H and O–H groups in total. The van der Waals surface area contributed by atoms with Crippen molar-refractivity contribution >= 4 is 22.9 Å². The SMILES string of the molecule is COc1ccc(-n2c(O)c(/C=N/NC(=O)C3CCCCC3)c3ccccc3c2=O)cc1OC. The number of aromatic hydroxyl groups is 1. The van der Waals surface area contributed by atoms with Crippen LogP contribution in [0.5, 0.6) is 17.4 Å². The zero-order valence-corrected chi connectivity index (χ0v) is 18.7. The maximum absolute atomic E-state index is 13.3. The van der Waals surface area contributed by atoms with Crippen molar-refractivity contribution in [3.63, 3.8) is 0 Å². The molecule has 8 heteroatoms. The standard InChI is InChI=1S/C25H27N3O5/c1-32-21-13-12-17(14-22(21)33-2)28-24(30)19-11-7-6-10-18(19)20(25(28)31)15-26-27-23(29)16-8-4-3-5-9-16/h6-7,10-16,31H,3-5,8-9H2,1-2H3,(H,27,29)/b26-15+. The van der Waals surface area contributed by atoms with E-state index in [4.69, 9.17) is 9.47 Å². The summed E-state index contributed by atoms with van der Waals surface area (Å²) in [4.78, 5) is 25.7. The summed E-state index contributed by atoms with van der Waals surface area (Å²) in [6.45, 7) is 0. The molecule has 1 fully saturated rings. The van der Waals surface area contributed by atoms with Gasteiger partial charge in [0.2, 0.25) is 11.8 Å². The highest BCUT2D eigenvalue weighted by Gasteiger charge is 2.21. The summed E-state index contributed by atoms with van der Waals surface area (Å²) in [5, 5.41) is 16.2. The third-order valence-electron chi connectivity index (χ3n) is 6.07. The Hall–Kier alpha value is -3.81. The van der Waals surface area contributed by atoms with E-state index in [-0.39, 0.29) is 17.7 Å². The number of hydrogen-bond donors (Lipinski definition) is 2. The van der Waals surface area contributed by atoms with Crippen molar-refractivity contribution in [2.45, 2.75) is 32.1 Å². The molecule has 0 aliphatic heterocycles. The van der Waals surface area contributed by atoms with E-state index in [0.29, 0.717) is 33.5 Å². The Morgan fingerprint density at radius 1 is 1.06 bits per heavy atom. The molecule has 1 aliphatic carbocycles. The van der Waals surface area contributed by atoms with Gasteiger partial charge in [-0.1, -0.05) is 37.5 Å². The van der Waals surface area contributed by atoms with Gasteiger partial charge in [0.25, 0.3) is 5.56 Å². The van der Waals surface area contributed by atoms with Gasteiger partial charge in [0.15, 0.2) is 11.5 Å². The van der Waals surface area contributed by atoms with Crippen molar-refractivity contribution < 1.29 is 19.4 Å². The molecule has 0 spiro atoms. The van der Waals surface area contributed by atoms with Crippen LogP contribution in [0.4, 0.5) is 0 Å². The summed E-state index contributed by atoms with van der Waals surface area (Å²) in [6, 6.07) is 11.9. The maximum atomic E-state index is 13.3. The minimum atomic E-state index is -0.390. The number of ether oxygens (including phenoxy) is 2. The third-order valence-corrected chi connectivity index (χ3v) is 6.07. The lowest BCUT2D eigenvalue weighted by molar-refractivity contribution is -0.125. The van der Waals surface area contributed by atoms with Crippen LogP contribution in [0.25, 0.3) is 16.5 Å². The van der Waals surface area contributed by atoms with Crippen molar-refractivity contribution in [3.8, 4) is 23.1 Å². The molecule has 2 aromatic carbocycles. The normalized spacial score (nSPS) is 14.5. The fraction of sp³-hybridized carbons (Fsp3) is 0.320. The predicted molar refractivity (Wildman–Crippen MR) is 127 cm³/mol. The van der Waals surface area contributed by atoms with Crippen LogP contribution in [0.15, 0.2) is 52.4 Å². The first kappa shape index (κ1) is 22.4. The molecule has 3 aromatic rings. The number of carbonyl (C=O) groups is 1. The summed E-state index contributed by atoms with van der Waals surface area (Å²) in [5.41, 5.74) is 2.93. The Balaban J connectivity index is 1.77. The van der Waals surface area contributed by atoms with Crippen molar-refractivity contribution in [2.75, 3.05) is 14.2 Å². The second-order valence-corrected chi connectivity index (χ2v) is 8.03. The van der Waals surface area contributed by atoms with E-state index < -0.39 is 5.56 Å². The molecular weight excluding hydrogens is 422 g/mol. The van der Waals surface area contributed by atoms with Gasteiger partial charge < -0.3 is 14.6 Å². The molecule has 1 amide bonds. The summed E-state index contributed by atoms with van der Waals surface area (Å²) in [6.07, 6.45) is 6.35. The molecule has 0 bridgehead atoms. The van der Waals surface area contributed by atoms with Crippen LogP contribution < -0.4 is 20.5 Å². The monoisotopic (exact) mass is 449 g/mol. The van der Waals surface area contributed by atoms with Crippen LogP contribution in [-0.4, -0.2) is 36.0 Å². The lowest BCUT2D eigenvalue weighted by Gasteiger charge is -2.19. The van der Waals surface area contributed by atoms with E-state index in [2.05, 4.69) is 10.5 Å². The molecule has 0 atom stereocenters. The Morgan fingerprint density at radius 2 is 1.76 bits per heavy atom. The number of methoxy groups -OCH3 is 2. The van der Waals surface area contributed by atoms with Gasteiger partial charge in [-0.05, 0) is 31.0 Å². The van der Waals surface area contributed by atoms with Crippen LogP contribution in [0.1, 0.15) is 37.7 Å². The van der Waals surface area contributed by atoms with Crippen molar-refractivity contribution in [3.05, 3.63) is 58.4 Å². The van der Waals surface area contributed by atoms with Crippen LogP contribution in [0, 0.1) is 5.92 Å². The second kappa shape index (κ2) is 9.77. The zero-order chi connectivity index (χ0) is 23.4. The van der Waals surface area contributed by atoms with Crippen molar-refractivity contribution in [2.24, 2.45) is 11.0 Å². The number of benzene rings is 2. The number of nitrogens with zero attached hydrogens (tertiary/aromatic N) is 2. The topological polar surface area (TPSA) is 102 Å². The average Bonchev–Trinajstić information content (AvgIpc) is 2.86. The number of rotatable bonds is 6. The molecule has 4 rings (SSSR count). The van der Waals surface area contributed by atoms with E-state index in [1.807, 2.05) is 0 Å². The third kappa shape index (κ3) is 4.41. The van der Waals surface area contributed by atoms with E-state index in [1.54, 1.807) is 42.5 Å². The molecule has 1 heterocycles. The smallest absolute Gasteiger partial charge is 0.265 e. The number of hydrogen-bond acceptors (Lipinski definition) is 6. The number of carbonyl (C=O) groups excluding carboxylic acids is 1. The highest BCUT2D eigenvalue weighted by Crippen LogP contribution is 2.32. The quantitative estimate of drug-likeness (QED) is 0.441. The Morgan fingerprint density at radius 3 is 2.45 bits per heavy atom. The van der Waals surface area contributed by atoms with Crippen LogP contribution >= 0.6 is 0 Å². The van der Waals surface area contributed by atoms with Gasteiger partial charge in [0, 0.05) is 22.8 Å². The minimum Gasteiger partial charge on any atom is -0.494 e. The summed E-state index contributed by atoms with van der Waals surface area (Å²) in [5.74, 6) is 0.470. The first-order chi connectivity index (χ1) is 16.0. The van der Waals surface area contributed by atoms with Crippen LogP contribution in [0.3, 0.4) is 0 Å². The number of hydrazone groups is 1. The van der Waals surface area contributed by atoms with Crippen LogP contribution in [0.2, 0.25) is 0 Å². The van der Waals surface area contributed by atoms with E-state index in [1.165, 1.54) is 25.0 Å². The first-order valence-corrected chi connectivity index (χ1v) is 11.0. The molecule has 172 valence electrons. The predicted octanol–water partition coefficient (Wildman–Crippen LogP) is 3.74. The van der Waals surface area contributed by atoms with Gasteiger partial charge in [-0.15, -0.1) is 0 Å². The summed E-state index contributed by atoms with van der Waals surface area (Å²) >= 11 is 0. The maximum Gasteiger partial charge on any atom is 0.265 e. The van der Waals surface area contributed by atoms with Gasteiger partial charge in [0.1, 0.15) is 0 Å². The number of nitrogens with one attached hydrogen (secondary N) is 1. The Kier molecular flexibility index (Phi) is 6.63. The van der Waals surface area contributed by atoms with Gasteiger partial charge in [0.05, 0.1) is 31.7 Å². The van der Waals surface area contributed by atoms with Gasteiger partial charge in [-0.3, -0.25) is 9.59 Å². The van der Waals surface area contributed by atoms with E-state index >= 15 is 0 Å². The molecule has 1 saturated carbocycles. The highest BCUT2D eigenvalue weighted by atomic mass is 16.5. The zero-order valence-electron chi connectivity index (χ0n) is 18.7. The fourth-order valence-electron chi connectivity index (χ4n) is 4.31. The molecule has 0 saturated heterocycles. The molecule has 1 aromatic heterocycles. The fourth-order valence-corrected chi connectivity index (χ4v) is 4.31. The second-order valence-electron chi connectivity index (χ2n) is 8.03. The molecular formula is C25H27N3O5. The molecule has 0 radical (unpaired) electrons. The number of amides is 1. The van der Waals surface area contributed by atoms with Crippen LogP contribution in [-0.2, 0) is 4.79 Å². The number of aromatic nitrogens is 1. The largest absolute Gasteiger partial charge is 0.494 e. The van der Waals surface area contributed by atoms with E-state index in [0.717, 1.165) is 32.1 Å². The number of pyridine rings is 1. The lowest BCUT2D eigenvalue weighted by atomic mass is 9.89. The summed E-state index contributed by atoms with van der Waals surface area (Å²) in [7, 11) is 3.02. The van der Waals surface area contributed by atoms with Gasteiger partial charge in [-0.25, -0.2) is 9.99 Å². The minimum absolute atomic E-state index is 0.0399. The van der Waals surface area contributed by atoms with Crippen molar-refractivity contribution in [1.82, 2.24) is 9.99 Å². The van der Waals surface area contributed by atoms with E-state index in [9.17, 15) is 14.7 Å². The number of fused-ring (bicyclic) bond motifs is 1. The van der Waals surface area contributed by atoms with Crippen molar-refractivity contribution in [1.29, 1.82) is 0 Å². The highest BCUT2D eigenvalue weighted by molar-refractivity contribution is 6.02. The first-order valence-electron chi connectivity index (χ1n) is 11.0.